The maximum Gasteiger partial charge on any atom is 0.264 e. The molecule has 3 aromatic carbocycles. The molecule has 0 aliphatic rings. The first-order chi connectivity index (χ1) is 18.4. The smallest absolute Gasteiger partial charge is 0.264 e. The van der Waals surface area contributed by atoms with E-state index in [1.54, 1.807) is 44.2 Å². The van der Waals surface area contributed by atoms with Crippen molar-refractivity contribution in [3.63, 3.8) is 0 Å². The number of carbonyl (C=O) groups is 2. The maximum atomic E-state index is 13.9. The molecule has 0 bridgehead atoms. The topological polar surface area (TPSA) is 86.8 Å². The molecule has 3 rings (SSSR count). The summed E-state index contributed by atoms with van der Waals surface area (Å²) in [5, 5.41) is 3.58. The summed E-state index contributed by atoms with van der Waals surface area (Å²) >= 11 is 25.3. The van der Waals surface area contributed by atoms with E-state index in [1.165, 1.54) is 35.2 Å². The van der Waals surface area contributed by atoms with Crippen molar-refractivity contribution in [3.8, 4) is 0 Å². The lowest BCUT2D eigenvalue weighted by molar-refractivity contribution is -0.139. The summed E-state index contributed by atoms with van der Waals surface area (Å²) in [7, 11) is -4.29. The van der Waals surface area contributed by atoms with E-state index in [1.807, 2.05) is 6.92 Å². The molecule has 208 valence electrons. The molecule has 0 unspecified atom stereocenters. The van der Waals surface area contributed by atoms with Crippen LogP contribution < -0.4 is 9.62 Å². The molecule has 0 fully saturated rings. The molecule has 0 saturated carbocycles. The monoisotopic (exact) mass is 629 g/mol. The van der Waals surface area contributed by atoms with Crippen LogP contribution in [0.15, 0.2) is 65.6 Å². The summed E-state index contributed by atoms with van der Waals surface area (Å²) in [6.07, 6.45) is 0. The molecular weight excluding hydrogens is 604 g/mol. The molecule has 7 nitrogen and oxygen atoms in total. The average molecular weight is 631 g/mol. The van der Waals surface area contributed by atoms with Crippen molar-refractivity contribution in [2.45, 2.75) is 38.3 Å². The Labute approximate surface area is 248 Å². The Bertz CT molecular complexity index is 1450. The molecule has 2 amide bonds. The molecule has 0 spiro atoms. The van der Waals surface area contributed by atoms with Gasteiger partial charge in [-0.3, -0.25) is 13.9 Å². The van der Waals surface area contributed by atoms with Gasteiger partial charge in [-0.15, -0.1) is 0 Å². The molecular formula is C27H27Cl4N3O4S. The third-order valence-corrected chi connectivity index (χ3v) is 9.01. The van der Waals surface area contributed by atoms with Gasteiger partial charge in [0.15, 0.2) is 0 Å². The van der Waals surface area contributed by atoms with Crippen LogP contribution in [0.2, 0.25) is 20.1 Å². The van der Waals surface area contributed by atoms with Crippen LogP contribution in [-0.2, 0) is 26.2 Å². The second kappa shape index (κ2) is 13.2. The Morgan fingerprint density at radius 1 is 0.923 bits per heavy atom. The van der Waals surface area contributed by atoms with Gasteiger partial charge in [-0.1, -0.05) is 70.2 Å². The molecule has 1 N–H and O–H groups in total. The predicted molar refractivity (Wildman–Crippen MR) is 157 cm³/mol. The third kappa shape index (κ3) is 7.38. The number of hydrogen-bond acceptors (Lipinski definition) is 4. The number of amides is 2. The van der Waals surface area contributed by atoms with Crippen LogP contribution in [0, 0.1) is 6.92 Å². The average Bonchev–Trinajstić information content (AvgIpc) is 2.88. The second-order valence-electron chi connectivity index (χ2n) is 8.71. The Hall–Kier alpha value is -2.49. The highest BCUT2D eigenvalue weighted by molar-refractivity contribution is 7.92. The Morgan fingerprint density at radius 3 is 2.13 bits per heavy atom. The van der Waals surface area contributed by atoms with E-state index >= 15 is 0 Å². The molecule has 0 heterocycles. The van der Waals surface area contributed by atoms with E-state index in [0.29, 0.717) is 22.2 Å². The molecule has 0 aliphatic carbocycles. The lowest BCUT2D eigenvalue weighted by Crippen LogP contribution is -2.51. The summed E-state index contributed by atoms with van der Waals surface area (Å²) < 4.78 is 28.6. The number of sulfonamides is 1. The SMILES string of the molecule is CCNC(=O)[C@@H](C)N(Cc1c(Cl)cccc1Cl)C(=O)CN(c1cc(Cl)ccc1Cl)S(=O)(=O)c1ccc(C)cc1. The van der Waals surface area contributed by atoms with Gasteiger partial charge in [-0.25, -0.2) is 8.42 Å². The van der Waals surface area contributed by atoms with Crippen LogP contribution in [-0.4, -0.2) is 44.3 Å². The number of halogens is 4. The standard InChI is InChI=1S/C27H27Cl4N3O4S/c1-4-32-27(36)18(3)33(15-21-22(29)6-5-7-23(21)30)26(35)16-34(25-14-19(28)10-13-24(25)31)39(37,38)20-11-8-17(2)9-12-20/h5-14,18H,4,15-16H2,1-3H3,(H,32,36)/t18-/m1/s1. The van der Waals surface area contributed by atoms with Crippen molar-refractivity contribution in [1.29, 1.82) is 0 Å². The van der Waals surface area contributed by atoms with Crippen LogP contribution in [0.1, 0.15) is 25.0 Å². The summed E-state index contributed by atoms with van der Waals surface area (Å²) in [6, 6.07) is 14.4. The van der Waals surface area contributed by atoms with Gasteiger partial charge in [0.1, 0.15) is 12.6 Å². The fourth-order valence-electron chi connectivity index (χ4n) is 3.79. The largest absolute Gasteiger partial charge is 0.355 e. The zero-order valence-electron chi connectivity index (χ0n) is 21.4. The lowest BCUT2D eigenvalue weighted by Gasteiger charge is -2.32. The lowest BCUT2D eigenvalue weighted by atomic mass is 10.1. The molecule has 0 aromatic heterocycles. The minimum Gasteiger partial charge on any atom is -0.355 e. The van der Waals surface area contributed by atoms with Crippen molar-refractivity contribution < 1.29 is 18.0 Å². The second-order valence-corrected chi connectivity index (χ2v) is 12.2. The summed E-state index contributed by atoms with van der Waals surface area (Å²) in [5.41, 5.74) is 1.29. The van der Waals surface area contributed by atoms with Crippen LogP contribution in [0.25, 0.3) is 0 Å². The number of carbonyl (C=O) groups excluding carboxylic acids is 2. The van der Waals surface area contributed by atoms with E-state index in [9.17, 15) is 18.0 Å². The predicted octanol–water partition coefficient (Wildman–Crippen LogP) is 6.36. The Kier molecular flexibility index (Phi) is 10.5. The molecule has 12 heteroatoms. The highest BCUT2D eigenvalue weighted by Crippen LogP contribution is 2.34. The van der Waals surface area contributed by atoms with Gasteiger partial charge in [-0.2, -0.15) is 0 Å². The highest BCUT2D eigenvalue weighted by atomic mass is 35.5. The fourth-order valence-corrected chi connectivity index (χ4v) is 6.16. The van der Waals surface area contributed by atoms with Gasteiger partial charge in [0.05, 0.1) is 15.6 Å². The van der Waals surface area contributed by atoms with Gasteiger partial charge in [0.25, 0.3) is 10.0 Å². The van der Waals surface area contributed by atoms with Crippen molar-refractivity contribution in [2.24, 2.45) is 0 Å². The highest BCUT2D eigenvalue weighted by Gasteiger charge is 2.34. The molecule has 39 heavy (non-hydrogen) atoms. The van der Waals surface area contributed by atoms with E-state index in [0.717, 1.165) is 9.87 Å². The minimum absolute atomic E-state index is 0.0134. The van der Waals surface area contributed by atoms with Gasteiger partial charge in [0.2, 0.25) is 11.8 Å². The van der Waals surface area contributed by atoms with Crippen molar-refractivity contribution >= 4 is 73.9 Å². The molecule has 1 atom stereocenters. The Morgan fingerprint density at radius 2 is 1.54 bits per heavy atom. The summed E-state index contributed by atoms with van der Waals surface area (Å²) in [4.78, 5) is 27.9. The van der Waals surface area contributed by atoms with E-state index in [4.69, 9.17) is 46.4 Å². The quantitative estimate of drug-likeness (QED) is 0.283. The first-order valence-electron chi connectivity index (χ1n) is 11.9. The Balaban J connectivity index is 2.11. The van der Waals surface area contributed by atoms with Crippen molar-refractivity contribution in [2.75, 3.05) is 17.4 Å². The van der Waals surface area contributed by atoms with E-state index in [-0.39, 0.29) is 27.2 Å². The normalized spacial score (nSPS) is 12.1. The van der Waals surface area contributed by atoms with Crippen LogP contribution in [0.3, 0.4) is 0 Å². The molecule has 0 aliphatic heterocycles. The number of anilines is 1. The van der Waals surface area contributed by atoms with Crippen LogP contribution in [0.5, 0.6) is 0 Å². The number of aryl methyl sites for hydroxylation is 1. The number of likely N-dealkylation sites (N-methyl/N-ethyl adjacent to an activating group) is 1. The van der Waals surface area contributed by atoms with E-state index < -0.39 is 34.4 Å². The van der Waals surface area contributed by atoms with E-state index in [2.05, 4.69) is 5.32 Å². The zero-order valence-corrected chi connectivity index (χ0v) is 25.3. The van der Waals surface area contributed by atoms with Gasteiger partial charge < -0.3 is 10.2 Å². The van der Waals surface area contributed by atoms with Crippen LogP contribution in [0.4, 0.5) is 5.69 Å². The third-order valence-electron chi connectivity index (χ3n) is 5.97. The van der Waals surface area contributed by atoms with Gasteiger partial charge >= 0.3 is 0 Å². The van der Waals surface area contributed by atoms with Gasteiger partial charge in [-0.05, 0) is 63.2 Å². The first-order valence-corrected chi connectivity index (χ1v) is 14.9. The number of benzene rings is 3. The molecule has 0 radical (unpaired) electrons. The van der Waals surface area contributed by atoms with Gasteiger partial charge in [0, 0.05) is 33.7 Å². The number of rotatable bonds is 10. The van der Waals surface area contributed by atoms with Crippen LogP contribution >= 0.6 is 46.4 Å². The summed E-state index contributed by atoms with van der Waals surface area (Å²) in [5.74, 6) is -1.11. The van der Waals surface area contributed by atoms with Crippen molar-refractivity contribution in [1.82, 2.24) is 10.2 Å². The maximum absolute atomic E-state index is 13.9. The zero-order chi connectivity index (χ0) is 28.9. The minimum atomic E-state index is -4.29. The summed E-state index contributed by atoms with van der Waals surface area (Å²) in [6.45, 7) is 4.63. The fraction of sp³-hybridized carbons (Fsp3) is 0.259. The van der Waals surface area contributed by atoms with Crippen molar-refractivity contribution in [3.05, 3.63) is 91.9 Å². The molecule has 3 aromatic rings. The first kappa shape index (κ1) is 31.0. The number of nitrogens with one attached hydrogen (secondary N) is 1. The number of hydrogen-bond donors (Lipinski definition) is 1. The molecule has 0 saturated heterocycles. The number of nitrogens with zero attached hydrogens (tertiary/aromatic N) is 2.